The highest BCUT2D eigenvalue weighted by Gasteiger charge is 2.34. The molecule has 1 aliphatic rings. The van der Waals surface area contributed by atoms with E-state index in [1.54, 1.807) is 0 Å². The van der Waals surface area contributed by atoms with Gasteiger partial charge in [0.05, 0.1) is 12.0 Å². The lowest BCUT2D eigenvalue weighted by Gasteiger charge is -2.33. The van der Waals surface area contributed by atoms with Crippen molar-refractivity contribution in [2.24, 2.45) is 5.92 Å². The molecule has 1 aliphatic carbocycles. The molecule has 2 rings (SSSR count). The summed E-state index contributed by atoms with van der Waals surface area (Å²) in [5.74, 6) is -1.44. The zero-order chi connectivity index (χ0) is 17.4. The number of nitrogens with one attached hydrogen (secondary N) is 1. The number of hydrogen-bond donors (Lipinski definition) is 2. The van der Waals surface area contributed by atoms with Crippen molar-refractivity contribution in [3.05, 3.63) is 35.9 Å². The summed E-state index contributed by atoms with van der Waals surface area (Å²) in [5, 5.41) is 12.0. The number of carbonyl (C=O) groups excluding carboxylic acids is 1. The van der Waals surface area contributed by atoms with E-state index in [1.165, 1.54) is 7.11 Å². The van der Waals surface area contributed by atoms with E-state index in [-0.39, 0.29) is 25.5 Å². The van der Waals surface area contributed by atoms with Crippen LogP contribution in [0.4, 0.5) is 4.79 Å². The van der Waals surface area contributed by atoms with Gasteiger partial charge in [-0.2, -0.15) is 0 Å². The van der Waals surface area contributed by atoms with Gasteiger partial charge in [0.2, 0.25) is 0 Å². The van der Waals surface area contributed by atoms with Crippen LogP contribution >= 0.6 is 0 Å². The molecule has 1 aromatic rings. The zero-order valence-corrected chi connectivity index (χ0v) is 13.6. The van der Waals surface area contributed by atoms with Crippen LogP contribution in [0.5, 0.6) is 0 Å². The minimum atomic E-state index is -0.884. The molecule has 132 valence electrons. The molecule has 0 unspecified atom stereocenters. The second-order valence-corrected chi connectivity index (χ2v) is 5.84. The summed E-state index contributed by atoms with van der Waals surface area (Å²) in [7, 11) is 1.51. The lowest BCUT2D eigenvalue weighted by Crippen LogP contribution is -2.45. The van der Waals surface area contributed by atoms with Crippen molar-refractivity contribution < 1.29 is 28.9 Å². The average molecular weight is 337 g/mol. The van der Waals surface area contributed by atoms with E-state index in [0.29, 0.717) is 19.3 Å². The van der Waals surface area contributed by atoms with Gasteiger partial charge in [0.15, 0.2) is 0 Å². The molecular weight excluding hydrogens is 314 g/mol. The summed E-state index contributed by atoms with van der Waals surface area (Å²) in [5.41, 5.74) is 0.890. The van der Waals surface area contributed by atoms with E-state index in [9.17, 15) is 14.7 Å². The Kier molecular flexibility index (Phi) is 7.02. The summed E-state index contributed by atoms with van der Waals surface area (Å²) >= 11 is 0. The Morgan fingerprint density at radius 3 is 2.62 bits per heavy atom. The van der Waals surface area contributed by atoms with Gasteiger partial charge in [0.25, 0.3) is 0 Å². The fraction of sp³-hybridized carbons (Fsp3) is 0.529. The molecule has 0 aliphatic heterocycles. The largest absolute Gasteiger partial charge is 0.481 e. The number of carboxylic acids is 1. The maximum atomic E-state index is 11.9. The molecule has 1 fully saturated rings. The Labute approximate surface area is 140 Å². The topological polar surface area (TPSA) is 94.1 Å². The minimum absolute atomic E-state index is 0.0994. The van der Waals surface area contributed by atoms with E-state index in [1.807, 2.05) is 30.3 Å². The van der Waals surface area contributed by atoms with Gasteiger partial charge < -0.3 is 24.6 Å². The number of methoxy groups -OCH3 is 1. The predicted molar refractivity (Wildman–Crippen MR) is 85.3 cm³/mol. The Hall–Kier alpha value is -2.12. The Balaban J connectivity index is 1.84. The zero-order valence-electron chi connectivity index (χ0n) is 13.6. The quantitative estimate of drug-likeness (QED) is 0.741. The highest BCUT2D eigenvalue weighted by molar-refractivity contribution is 5.71. The first-order valence-electron chi connectivity index (χ1n) is 7.89. The van der Waals surface area contributed by atoms with Gasteiger partial charge in [-0.25, -0.2) is 4.79 Å². The molecule has 1 aromatic carbocycles. The summed E-state index contributed by atoms with van der Waals surface area (Å²) in [6, 6.07) is 9.05. The first-order valence-corrected chi connectivity index (χ1v) is 7.89. The minimum Gasteiger partial charge on any atom is -0.481 e. The molecule has 7 heteroatoms. The van der Waals surface area contributed by atoms with Crippen LogP contribution in [0.15, 0.2) is 30.3 Å². The number of hydrogen-bond acceptors (Lipinski definition) is 5. The van der Waals surface area contributed by atoms with Crippen molar-refractivity contribution in [2.75, 3.05) is 13.9 Å². The van der Waals surface area contributed by atoms with Crippen LogP contribution in [-0.4, -0.2) is 43.2 Å². The number of aliphatic carboxylic acids is 1. The average Bonchev–Trinajstić information content (AvgIpc) is 2.59. The van der Waals surface area contributed by atoms with Gasteiger partial charge in [-0.1, -0.05) is 30.3 Å². The van der Waals surface area contributed by atoms with Crippen LogP contribution in [-0.2, 0) is 25.6 Å². The predicted octanol–water partition coefficient (Wildman–Crippen LogP) is 2.16. The van der Waals surface area contributed by atoms with Crippen molar-refractivity contribution in [1.29, 1.82) is 0 Å². The molecule has 1 saturated carbocycles. The van der Waals surface area contributed by atoms with Gasteiger partial charge in [0.1, 0.15) is 13.4 Å². The van der Waals surface area contributed by atoms with Crippen molar-refractivity contribution in [2.45, 2.75) is 38.0 Å². The number of rotatable bonds is 7. The number of alkyl carbamates (subject to hydrolysis) is 1. The maximum absolute atomic E-state index is 11.9. The van der Waals surface area contributed by atoms with Gasteiger partial charge in [-0.05, 0) is 24.8 Å². The summed E-state index contributed by atoms with van der Waals surface area (Å²) < 4.78 is 15.5. The number of ether oxygens (including phenoxy) is 3. The van der Waals surface area contributed by atoms with Gasteiger partial charge in [-0.15, -0.1) is 0 Å². The van der Waals surface area contributed by atoms with Gasteiger partial charge in [0, 0.05) is 13.2 Å². The highest BCUT2D eigenvalue weighted by Crippen LogP contribution is 2.27. The van der Waals surface area contributed by atoms with E-state index in [4.69, 9.17) is 14.2 Å². The van der Waals surface area contributed by atoms with Crippen LogP contribution < -0.4 is 5.32 Å². The number of carbonyl (C=O) groups is 2. The van der Waals surface area contributed by atoms with Gasteiger partial charge >= 0.3 is 12.1 Å². The Bertz CT molecular complexity index is 535. The van der Waals surface area contributed by atoms with Crippen molar-refractivity contribution in [3.8, 4) is 0 Å². The fourth-order valence-corrected chi connectivity index (χ4v) is 2.82. The van der Waals surface area contributed by atoms with Crippen LogP contribution in [0.25, 0.3) is 0 Å². The normalized spacial score (nSPS) is 23.5. The molecule has 3 atom stereocenters. The van der Waals surface area contributed by atoms with Crippen molar-refractivity contribution in [1.82, 2.24) is 5.32 Å². The molecule has 0 radical (unpaired) electrons. The van der Waals surface area contributed by atoms with E-state index in [0.717, 1.165) is 5.56 Å². The number of amides is 1. The summed E-state index contributed by atoms with van der Waals surface area (Å²) in [6.07, 6.45) is 0.492. The molecule has 0 saturated heterocycles. The Morgan fingerprint density at radius 1 is 1.21 bits per heavy atom. The smallest absolute Gasteiger partial charge is 0.407 e. The molecule has 0 aromatic heterocycles. The van der Waals surface area contributed by atoms with Crippen LogP contribution in [0.3, 0.4) is 0 Å². The Morgan fingerprint density at radius 2 is 1.96 bits per heavy atom. The molecule has 0 bridgehead atoms. The molecule has 0 heterocycles. The molecule has 1 amide bonds. The first-order chi connectivity index (χ1) is 11.6. The maximum Gasteiger partial charge on any atom is 0.407 e. The van der Waals surface area contributed by atoms with E-state index < -0.39 is 18.0 Å². The van der Waals surface area contributed by atoms with E-state index >= 15 is 0 Å². The number of carboxylic acid groups (broad SMARTS) is 1. The van der Waals surface area contributed by atoms with Crippen molar-refractivity contribution >= 4 is 12.1 Å². The fourth-order valence-electron chi connectivity index (χ4n) is 2.82. The highest BCUT2D eigenvalue weighted by atomic mass is 16.7. The summed E-state index contributed by atoms with van der Waals surface area (Å²) in [6.45, 7) is 0.271. The van der Waals surface area contributed by atoms with Crippen LogP contribution in [0.2, 0.25) is 0 Å². The molecular formula is C17H23NO6. The summed E-state index contributed by atoms with van der Waals surface area (Å²) in [4.78, 5) is 23.2. The number of benzene rings is 1. The van der Waals surface area contributed by atoms with Crippen LogP contribution in [0, 0.1) is 5.92 Å². The second-order valence-electron chi connectivity index (χ2n) is 5.84. The third-order valence-corrected chi connectivity index (χ3v) is 3.97. The molecule has 0 spiro atoms. The van der Waals surface area contributed by atoms with E-state index in [2.05, 4.69) is 5.32 Å². The third-order valence-electron chi connectivity index (χ3n) is 3.97. The van der Waals surface area contributed by atoms with Crippen molar-refractivity contribution in [3.63, 3.8) is 0 Å². The standard InChI is InChI=1S/C17H23NO6/c1-22-11-24-15-8-13(16(19)20)7-14(9-15)18-17(21)23-10-12-5-3-2-4-6-12/h2-6,13-15H,7-11H2,1H3,(H,18,21)(H,19,20)/t13-,14+,15-/m0/s1. The molecule has 2 N–H and O–H groups in total. The monoisotopic (exact) mass is 337 g/mol. The first kappa shape index (κ1) is 18.2. The molecule has 24 heavy (non-hydrogen) atoms. The lowest BCUT2D eigenvalue weighted by atomic mass is 9.84. The van der Waals surface area contributed by atoms with Crippen LogP contribution in [0.1, 0.15) is 24.8 Å². The third kappa shape index (κ3) is 5.82. The lowest BCUT2D eigenvalue weighted by molar-refractivity contribution is -0.148. The van der Waals surface area contributed by atoms with Gasteiger partial charge in [-0.3, -0.25) is 4.79 Å². The molecule has 7 nitrogen and oxygen atoms in total. The SMILES string of the molecule is COCO[C@@H]1C[C@H](NC(=O)OCc2ccccc2)C[C@H](C(=O)O)C1. The second kappa shape index (κ2) is 9.24.